The van der Waals surface area contributed by atoms with Crippen LogP contribution in [0.4, 0.5) is 0 Å². The average molecular weight is 264 g/mol. The molecular weight excluding hydrogens is 240 g/mol. The molecule has 1 fully saturated rings. The van der Waals surface area contributed by atoms with E-state index in [1.165, 1.54) is 0 Å². The van der Waals surface area contributed by atoms with Crippen molar-refractivity contribution >= 4 is 0 Å². The smallest absolute Gasteiger partial charge is 0.119 e. The van der Waals surface area contributed by atoms with Crippen LogP contribution in [-0.2, 0) is 11.3 Å². The minimum absolute atomic E-state index is 0.402. The van der Waals surface area contributed by atoms with Gasteiger partial charge in [-0.2, -0.15) is 0 Å². The molecule has 1 aromatic carbocycles. The molecule has 0 radical (unpaired) electrons. The minimum Gasteiger partial charge on any atom is -0.491 e. The summed E-state index contributed by atoms with van der Waals surface area (Å²) in [6.45, 7) is 4.10. The zero-order chi connectivity index (χ0) is 13.5. The third-order valence-corrected chi connectivity index (χ3v) is 3.53. The summed E-state index contributed by atoms with van der Waals surface area (Å²) >= 11 is 0. The summed E-state index contributed by atoms with van der Waals surface area (Å²) < 4.78 is 11.5. The van der Waals surface area contributed by atoms with Gasteiger partial charge in [0.25, 0.3) is 0 Å². The van der Waals surface area contributed by atoms with Crippen LogP contribution in [0.5, 0.6) is 5.75 Å². The van der Waals surface area contributed by atoms with Crippen molar-refractivity contribution in [3.8, 4) is 5.75 Å². The molecule has 0 saturated carbocycles. The van der Waals surface area contributed by atoms with Gasteiger partial charge < -0.3 is 20.1 Å². The number of piperidine rings is 1. The van der Waals surface area contributed by atoms with E-state index in [1.807, 2.05) is 24.3 Å². The van der Waals surface area contributed by atoms with E-state index in [1.54, 1.807) is 0 Å². The lowest BCUT2D eigenvalue weighted by atomic mass is 10.1. The summed E-state index contributed by atoms with van der Waals surface area (Å²) in [6.07, 6.45) is 2.66. The molecular formula is C15H24N2O2. The molecule has 0 atom stereocenters. The molecule has 1 heterocycles. The molecule has 106 valence electrons. The zero-order valence-electron chi connectivity index (χ0n) is 11.7. The van der Waals surface area contributed by atoms with Crippen LogP contribution in [0.2, 0.25) is 0 Å². The van der Waals surface area contributed by atoms with Gasteiger partial charge >= 0.3 is 0 Å². The van der Waals surface area contributed by atoms with Crippen LogP contribution in [0.1, 0.15) is 18.4 Å². The number of nitrogens with zero attached hydrogens (tertiary/aromatic N) is 1. The van der Waals surface area contributed by atoms with Gasteiger partial charge in [0.2, 0.25) is 0 Å². The standard InChI is InChI=1S/C15H24N2O2/c1-17-8-6-15(7-9-17)19-11-10-18-14-4-2-13(12-16)3-5-14/h2-5,15H,6-12,16H2,1H3. The fourth-order valence-electron chi connectivity index (χ4n) is 2.25. The van der Waals surface area contributed by atoms with Crippen LogP contribution in [0.3, 0.4) is 0 Å². The van der Waals surface area contributed by atoms with Gasteiger partial charge in [0.05, 0.1) is 12.7 Å². The maximum Gasteiger partial charge on any atom is 0.119 e. The Balaban J connectivity index is 1.61. The molecule has 0 unspecified atom stereocenters. The Kier molecular flexibility index (Phi) is 5.63. The van der Waals surface area contributed by atoms with Gasteiger partial charge in [-0.15, -0.1) is 0 Å². The third kappa shape index (κ3) is 4.82. The van der Waals surface area contributed by atoms with Gasteiger partial charge in [-0.25, -0.2) is 0 Å². The first-order valence-corrected chi connectivity index (χ1v) is 7.00. The molecule has 1 saturated heterocycles. The van der Waals surface area contributed by atoms with Crippen molar-refractivity contribution < 1.29 is 9.47 Å². The molecule has 1 aliphatic rings. The second kappa shape index (κ2) is 7.48. The number of nitrogens with two attached hydrogens (primary N) is 1. The van der Waals surface area contributed by atoms with Crippen LogP contribution < -0.4 is 10.5 Å². The Morgan fingerprint density at radius 2 is 1.84 bits per heavy atom. The lowest BCUT2D eigenvalue weighted by Crippen LogP contribution is -2.34. The molecule has 0 spiro atoms. The first-order valence-electron chi connectivity index (χ1n) is 7.00. The van der Waals surface area contributed by atoms with Crippen molar-refractivity contribution in [1.82, 2.24) is 4.90 Å². The van der Waals surface area contributed by atoms with Gasteiger partial charge in [-0.1, -0.05) is 12.1 Å². The quantitative estimate of drug-likeness (QED) is 0.793. The predicted molar refractivity (Wildman–Crippen MR) is 76.3 cm³/mol. The first kappa shape index (κ1) is 14.3. The SMILES string of the molecule is CN1CCC(OCCOc2ccc(CN)cc2)CC1. The van der Waals surface area contributed by atoms with Crippen molar-refractivity contribution in [2.24, 2.45) is 5.73 Å². The van der Waals surface area contributed by atoms with E-state index in [-0.39, 0.29) is 0 Å². The third-order valence-electron chi connectivity index (χ3n) is 3.53. The molecule has 1 aliphatic heterocycles. The summed E-state index contributed by atoms with van der Waals surface area (Å²) in [5, 5.41) is 0. The van der Waals surface area contributed by atoms with Crippen molar-refractivity contribution in [1.29, 1.82) is 0 Å². The van der Waals surface area contributed by atoms with E-state index in [2.05, 4.69) is 11.9 Å². The molecule has 0 aliphatic carbocycles. The van der Waals surface area contributed by atoms with Crippen LogP contribution in [0.15, 0.2) is 24.3 Å². The minimum atomic E-state index is 0.402. The largest absolute Gasteiger partial charge is 0.491 e. The van der Waals surface area contributed by atoms with Crippen LogP contribution in [-0.4, -0.2) is 44.4 Å². The highest BCUT2D eigenvalue weighted by molar-refractivity contribution is 5.26. The average Bonchev–Trinajstić information content (AvgIpc) is 2.46. The van der Waals surface area contributed by atoms with E-state index < -0.39 is 0 Å². The number of likely N-dealkylation sites (tertiary alicyclic amines) is 1. The zero-order valence-corrected chi connectivity index (χ0v) is 11.7. The van der Waals surface area contributed by atoms with Crippen LogP contribution in [0.25, 0.3) is 0 Å². The van der Waals surface area contributed by atoms with Crippen molar-refractivity contribution in [3.63, 3.8) is 0 Å². The van der Waals surface area contributed by atoms with E-state index in [4.69, 9.17) is 15.2 Å². The highest BCUT2D eigenvalue weighted by Crippen LogP contribution is 2.13. The van der Waals surface area contributed by atoms with Crippen molar-refractivity contribution in [3.05, 3.63) is 29.8 Å². The summed E-state index contributed by atoms with van der Waals surface area (Å²) in [6, 6.07) is 7.90. The Labute approximate surface area is 115 Å². The van der Waals surface area contributed by atoms with Gasteiger partial charge in [0.1, 0.15) is 12.4 Å². The molecule has 2 N–H and O–H groups in total. The van der Waals surface area contributed by atoms with E-state index in [0.717, 1.165) is 37.2 Å². The number of benzene rings is 1. The lowest BCUT2D eigenvalue weighted by Gasteiger charge is -2.28. The van der Waals surface area contributed by atoms with Crippen molar-refractivity contribution in [2.75, 3.05) is 33.4 Å². The summed E-state index contributed by atoms with van der Waals surface area (Å²) in [7, 11) is 2.16. The summed E-state index contributed by atoms with van der Waals surface area (Å²) in [5.74, 6) is 0.879. The molecule has 2 rings (SSSR count). The molecule has 4 nitrogen and oxygen atoms in total. The second-order valence-corrected chi connectivity index (χ2v) is 5.07. The lowest BCUT2D eigenvalue weighted by molar-refractivity contribution is -0.000254. The highest BCUT2D eigenvalue weighted by Gasteiger charge is 2.16. The molecule has 0 bridgehead atoms. The van der Waals surface area contributed by atoms with Gasteiger partial charge in [0.15, 0.2) is 0 Å². The van der Waals surface area contributed by atoms with Gasteiger partial charge in [-0.05, 0) is 37.6 Å². The van der Waals surface area contributed by atoms with Crippen LogP contribution in [0, 0.1) is 0 Å². The molecule has 1 aromatic rings. The number of ether oxygens (including phenoxy) is 2. The Morgan fingerprint density at radius 3 is 2.47 bits per heavy atom. The van der Waals surface area contributed by atoms with Gasteiger partial charge in [0, 0.05) is 19.6 Å². The van der Waals surface area contributed by atoms with E-state index >= 15 is 0 Å². The Morgan fingerprint density at radius 1 is 1.16 bits per heavy atom. The summed E-state index contributed by atoms with van der Waals surface area (Å²) in [5.41, 5.74) is 6.67. The monoisotopic (exact) mass is 264 g/mol. The van der Waals surface area contributed by atoms with Crippen LogP contribution >= 0.6 is 0 Å². The van der Waals surface area contributed by atoms with E-state index in [9.17, 15) is 0 Å². The number of rotatable bonds is 6. The van der Waals surface area contributed by atoms with Gasteiger partial charge in [-0.3, -0.25) is 0 Å². The molecule has 4 heteroatoms. The van der Waals surface area contributed by atoms with Crippen molar-refractivity contribution in [2.45, 2.75) is 25.5 Å². The molecule has 0 aromatic heterocycles. The maximum absolute atomic E-state index is 5.83. The fraction of sp³-hybridized carbons (Fsp3) is 0.600. The maximum atomic E-state index is 5.83. The first-order chi connectivity index (χ1) is 9.28. The fourth-order valence-corrected chi connectivity index (χ4v) is 2.25. The molecule has 0 amide bonds. The predicted octanol–water partition coefficient (Wildman–Crippen LogP) is 1.63. The Hall–Kier alpha value is -1.10. The topological polar surface area (TPSA) is 47.7 Å². The number of hydrogen-bond acceptors (Lipinski definition) is 4. The molecule has 19 heavy (non-hydrogen) atoms. The normalized spacial score (nSPS) is 17.6. The number of hydrogen-bond donors (Lipinski definition) is 1. The highest BCUT2D eigenvalue weighted by atomic mass is 16.5. The summed E-state index contributed by atoms with van der Waals surface area (Å²) in [4.78, 5) is 2.34. The second-order valence-electron chi connectivity index (χ2n) is 5.07. The van der Waals surface area contributed by atoms with E-state index in [0.29, 0.717) is 25.9 Å². The Bertz CT molecular complexity index is 359.